The van der Waals surface area contributed by atoms with Crippen molar-refractivity contribution in [1.29, 1.82) is 10.5 Å². The smallest absolute Gasteiger partial charge is 0.311 e. The second-order valence-corrected chi connectivity index (χ2v) is 16.1. The molecule has 8 aromatic rings. The molecule has 0 heterocycles. The number of allylic oxidation sites excluding steroid dienone is 2. The summed E-state index contributed by atoms with van der Waals surface area (Å²) in [5, 5.41) is 19.2. The van der Waals surface area contributed by atoms with E-state index >= 15 is 0 Å². The molecule has 0 aliphatic rings. The number of para-hydroxylation sites is 4. The molecule has 0 fully saturated rings. The van der Waals surface area contributed by atoms with Crippen LogP contribution in [0.3, 0.4) is 0 Å². The fourth-order valence-electron chi connectivity index (χ4n) is 7.56. The van der Waals surface area contributed by atoms with Gasteiger partial charge >= 0.3 is 24.7 Å². The Morgan fingerprint density at radius 1 is 0.311 bits per heavy atom. The summed E-state index contributed by atoms with van der Waals surface area (Å²) in [7, 11) is 0. The Morgan fingerprint density at radius 2 is 0.527 bits per heavy atom. The number of halogens is 12. The SMILES string of the molecule is N#C/C(=C\c1ccc(N(c2ccccc2)c2ccccc2)cc1)c1cc(C(F)(F)F)cc(C(F)(F)F)c1.N#C/C(=C\c1ccc(N(c2ccccc2)c2ccccc2)cc1)c1cc(C(F)(F)F)cc(C(F)(F)F)c1. The van der Waals surface area contributed by atoms with Crippen LogP contribution in [-0.4, -0.2) is 0 Å². The van der Waals surface area contributed by atoms with E-state index in [1.54, 1.807) is 60.7 Å². The third kappa shape index (κ3) is 13.3. The van der Waals surface area contributed by atoms with Gasteiger partial charge in [-0.05, 0) is 144 Å². The second-order valence-electron chi connectivity index (χ2n) is 16.1. The van der Waals surface area contributed by atoms with Crippen molar-refractivity contribution < 1.29 is 52.7 Å². The summed E-state index contributed by atoms with van der Waals surface area (Å²) < 4.78 is 159. The van der Waals surface area contributed by atoms with Crippen LogP contribution in [-0.2, 0) is 24.7 Å². The Bertz CT molecular complexity index is 2950. The van der Waals surface area contributed by atoms with Gasteiger partial charge in [-0.1, -0.05) is 97.1 Å². The predicted molar refractivity (Wildman–Crippen MR) is 262 cm³/mol. The zero-order valence-electron chi connectivity index (χ0n) is 38.1. The number of rotatable bonds is 10. The molecule has 74 heavy (non-hydrogen) atoms. The topological polar surface area (TPSA) is 54.1 Å². The van der Waals surface area contributed by atoms with Crippen molar-refractivity contribution in [2.75, 3.05) is 9.80 Å². The van der Waals surface area contributed by atoms with Crippen molar-refractivity contribution in [3.8, 4) is 12.1 Å². The molecule has 0 aromatic heterocycles. The quantitative estimate of drug-likeness (QED) is 0.0778. The van der Waals surface area contributed by atoms with E-state index in [2.05, 4.69) is 0 Å². The van der Waals surface area contributed by atoms with Gasteiger partial charge in [0, 0.05) is 34.1 Å². The van der Waals surface area contributed by atoms with E-state index in [4.69, 9.17) is 0 Å². The summed E-state index contributed by atoms with van der Waals surface area (Å²) in [5.41, 5.74) is -1.53. The van der Waals surface area contributed by atoms with E-state index in [1.165, 1.54) is 12.2 Å². The molecule has 0 atom stereocenters. The number of anilines is 6. The third-order valence-electron chi connectivity index (χ3n) is 11.0. The fraction of sp³-hybridized carbons (Fsp3) is 0.0690. The first-order valence-corrected chi connectivity index (χ1v) is 22.0. The molecule has 0 saturated carbocycles. The Morgan fingerprint density at radius 3 is 0.730 bits per heavy atom. The normalized spacial score (nSPS) is 12.2. The zero-order chi connectivity index (χ0) is 53.3. The summed E-state index contributed by atoms with van der Waals surface area (Å²) >= 11 is 0. The first kappa shape index (κ1) is 52.8. The minimum absolute atomic E-state index is 0.0367. The van der Waals surface area contributed by atoms with Crippen molar-refractivity contribution in [2.45, 2.75) is 24.7 Å². The fourth-order valence-corrected chi connectivity index (χ4v) is 7.56. The molecular formula is C58H36F12N4. The van der Waals surface area contributed by atoms with Crippen LogP contribution in [0.5, 0.6) is 0 Å². The first-order chi connectivity index (χ1) is 35.1. The highest BCUT2D eigenvalue weighted by Gasteiger charge is 2.38. The lowest BCUT2D eigenvalue weighted by atomic mass is 9.98. The van der Waals surface area contributed by atoms with Crippen molar-refractivity contribution in [3.05, 3.63) is 251 Å². The standard InChI is InChI=1S/2C29H18F6N2/c2*30-28(31,32)23-16-21(17-24(18-23)29(33,34)35)22(19-36)15-20-11-13-27(14-12-20)37(25-7-3-1-4-8-25)26-9-5-2-6-10-26/h2*1-18H/b2*22-15+. The summed E-state index contributed by atoms with van der Waals surface area (Å²) in [6.07, 6.45) is -17.5. The van der Waals surface area contributed by atoms with Crippen LogP contribution in [0.15, 0.2) is 206 Å². The molecule has 0 bridgehead atoms. The summed E-state index contributed by atoms with van der Waals surface area (Å²) in [5.74, 6) is 0. The largest absolute Gasteiger partial charge is 0.416 e. The van der Waals surface area contributed by atoms with E-state index in [0.717, 1.165) is 34.1 Å². The van der Waals surface area contributed by atoms with Gasteiger partial charge in [-0.2, -0.15) is 63.2 Å². The summed E-state index contributed by atoms with van der Waals surface area (Å²) in [6.45, 7) is 0. The number of hydrogen-bond acceptors (Lipinski definition) is 4. The van der Waals surface area contributed by atoms with Gasteiger partial charge in [-0.3, -0.25) is 0 Å². The van der Waals surface area contributed by atoms with Gasteiger partial charge in [0.25, 0.3) is 0 Å². The van der Waals surface area contributed by atoms with Crippen LogP contribution < -0.4 is 9.80 Å². The lowest BCUT2D eigenvalue weighted by Crippen LogP contribution is -2.11. The number of nitriles is 2. The van der Waals surface area contributed by atoms with Gasteiger partial charge in [0.2, 0.25) is 0 Å². The van der Waals surface area contributed by atoms with Gasteiger partial charge in [-0.25, -0.2) is 0 Å². The second kappa shape index (κ2) is 22.2. The van der Waals surface area contributed by atoms with Crippen LogP contribution in [0.25, 0.3) is 23.3 Å². The zero-order valence-corrected chi connectivity index (χ0v) is 38.1. The van der Waals surface area contributed by atoms with Gasteiger partial charge in [0.05, 0.1) is 45.5 Å². The van der Waals surface area contributed by atoms with Gasteiger partial charge in [-0.15, -0.1) is 0 Å². The Hall–Kier alpha value is -9.02. The number of nitrogens with zero attached hydrogens (tertiary/aromatic N) is 4. The Kier molecular flexibility index (Phi) is 15.8. The number of alkyl halides is 12. The Balaban J connectivity index is 0.000000216. The van der Waals surface area contributed by atoms with Crippen LogP contribution >= 0.6 is 0 Å². The molecule has 0 unspecified atom stereocenters. The molecule has 16 heteroatoms. The highest BCUT2D eigenvalue weighted by Crippen LogP contribution is 2.41. The van der Waals surface area contributed by atoms with Gasteiger partial charge < -0.3 is 9.80 Å². The molecule has 0 radical (unpaired) electrons. The van der Waals surface area contributed by atoms with E-state index < -0.39 is 58.1 Å². The molecule has 8 aromatic carbocycles. The highest BCUT2D eigenvalue weighted by atomic mass is 19.4. The molecule has 0 aliphatic heterocycles. The maximum absolute atomic E-state index is 13.3. The number of hydrogen-bond donors (Lipinski definition) is 0. The molecule has 0 aliphatic carbocycles. The number of benzene rings is 8. The average molecular weight is 1020 g/mol. The van der Waals surface area contributed by atoms with Crippen LogP contribution in [0.4, 0.5) is 86.8 Å². The first-order valence-electron chi connectivity index (χ1n) is 22.0. The van der Waals surface area contributed by atoms with Crippen molar-refractivity contribution in [2.24, 2.45) is 0 Å². The minimum Gasteiger partial charge on any atom is -0.311 e. The lowest BCUT2D eigenvalue weighted by molar-refractivity contribution is -0.144. The minimum atomic E-state index is -5.00. The van der Waals surface area contributed by atoms with Gasteiger partial charge in [0.15, 0.2) is 0 Å². The van der Waals surface area contributed by atoms with E-state index in [1.807, 2.05) is 131 Å². The Labute approximate surface area is 416 Å². The van der Waals surface area contributed by atoms with Crippen LogP contribution in [0.2, 0.25) is 0 Å². The van der Waals surface area contributed by atoms with Gasteiger partial charge in [0.1, 0.15) is 0 Å². The monoisotopic (exact) mass is 1020 g/mol. The van der Waals surface area contributed by atoms with Crippen LogP contribution in [0.1, 0.15) is 44.5 Å². The molecule has 0 amide bonds. The maximum Gasteiger partial charge on any atom is 0.416 e. The van der Waals surface area contributed by atoms with E-state index in [-0.39, 0.29) is 23.3 Å². The van der Waals surface area contributed by atoms with Crippen molar-refractivity contribution in [1.82, 2.24) is 0 Å². The molecule has 0 N–H and O–H groups in total. The molecule has 4 nitrogen and oxygen atoms in total. The van der Waals surface area contributed by atoms with Crippen molar-refractivity contribution in [3.63, 3.8) is 0 Å². The van der Waals surface area contributed by atoms with Crippen molar-refractivity contribution >= 4 is 57.4 Å². The third-order valence-corrected chi connectivity index (χ3v) is 11.0. The highest BCUT2D eigenvalue weighted by molar-refractivity contribution is 5.91. The maximum atomic E-state index is 13.3. The summed E-state index contributed by atoms with van der Waals surface area (Å²) in [4.78, 5) is 3.97. The average Bonchev–Trinajstić information content (AvgIpc) is 3.38. The van der Waals surface area contributed by atoms with Crippen LogP contribution in [0, 0.1) is 22.7 Å². The van der Waals surface area contributed by atoms with E-state index in [0.29, 0.717) is 35.4 Å². The molecule has 0 spiro atoms. The van der Waals surface area contributed by atoms with E-state index in [9.17, 15) is 63.2 Å². The molecular weight excluding hydrogens is 981 g/mol. The molecule has 8 rings (SSSR count). The summed E-state index contributed by atoms with van der Waals surface area (Å²) in [6, 6.07) is 57.5. The molecule has 0 saturated heterocycles. The lowest BCUT2D eigenvalue weighted by Gasteiger charge is -2.25. The molecule has 372 valence electrons. The predicted octanol–water partition coefficient (Wildman–Crippen LogP) is 18.5.